The molecule has 0 aliphatic rings. The second kappa shape index (κ2) is 9.81. The molecule has 0 saturated carbocycles. The number of nitrogens with one attached hydrogen (secondary N) is 1. The van der Waals surface area contributed by atoms with E-state index in [4.69, 9.17) is 4.99 Å². The Kier molecular flexibility index (Phi) is 6.27. The van der Waals surface area contributed by atoms with Gasteiger partial charge in [-0.3, -0.25) is 14.9 Å². The molecule has 4 nitrogen and oxygen atoms in total. The van der Waals surface area contributed by atoms with Crippen LogP contribution in [0.3, 0.4) is 0 Å². The summed E-state index contributed by atoms with van der Waals surface area (Å²) in [6.07, 6.45) is 0. The van der Waals surface area contributed by atoms with Crippen LogP contribution in [0.15, 0.2) is 135 Å². The number of para-hydroxylation sites is 2. The van der Waals surface area contributed by atoms with Gasteiger partial charge in [-0.05, 0) is 43.3 Å². The average molecular weight is 462 g/mol. The molecular formula is C29H23N3OS. The van der Waals surface area contributed by atoms with Crippen LogP contribution in [0.2, 0.25) is 0 Å². The fourth-order valence-electron chi connectivity index (χ4n) is 3.83. The summed E-state index contributed by atoms with van der Waals surface area (Å²) >= 11 is 1.66. The molecule has 0 bridgehead atoms. The summed E-state index contributed by atoms with van der Waals surface area (Å²) in [7, 11) is 0. The number of benzene rings is 4. The number of nitrogens with zero attached hydrogens (tertiary/aromatic N) is 2. The molecular weight excluding hydrogens is 438 g/mol. The van der Waals surface area contributed by atoms with Gasteiger partial charge in [0.25, 0.3) is 5.56 Å². The Morgan fingerprint density at radius 2 is 1.35 bits per heavy atom. The molecule has 5 heteroatoms. The van der Waals surface area contributed by atoms with Gasteiger partial charge in [-0.15, -0.1) is 0 Å². The van der Waals surface area contributed by atoms with E-state index >= 15 is 0 Å². The maximum atomic E-state index is 13.6. The van der Waals surface area contributed by atoms with E-state index in [0.717, 1.165) is 32.4 Å². The number of hydrogen-bond acceptors (Lipinski definition) is 3. The zero-order chi connectivity index (χ0) is 23.3. The van der Waals surface area contributed by atoms with Crippen molar-refractivity contribution in [1.29, 1.82) is 0 Å². The van der Waals surface area contributed by atoms with Crippen molar-refractivity contribution in [3.63, 3.8) is 0 Å². The van der Waals surface area contributed by atoms with Crippen LogP contribution in [-0.4, -0.2) is 15.5 Å². The molecule has 0 aliphatic carbocycles. The zero-order valence-electron chi connectivity index (χ0n) is 18.7. The molecule has 34 heavy (non-hydrogen) atoms. The highest BCUT2D eigenvalue weighted by Crippen LogP contribution is 2.35. The number of H-pyrrole nitrogens is 1. The fraction of sp³-hybridized carbons (Fsp3) is 0.0345. The highest BCUT2D eigenvalue weighted by Gasteiger charge is 2.19. The Labute approximate surface area is 202 Å². The van der Waals surface area contributed by atoms with Crippen LogP contribution >= 0.6 is 11.8 Å². The molecule has 0 saturated heterocycles. The zero-order valence-corrected chi connectivity index (χ0v) is 19.5. The normalized spacial score (nSPS) is 11.5. The Balaban J connectivity index is 1.63. The van der Waals surface area contributed by atoms with Gasteiger partial charge < -0.3 is 0 Å². The van der Waals surface area contributed by atoms with Crippen molar-refractivity contribution >= 4 is 23.2 Å². The van der Waals surface area contributed by atoms with Gasteiger partial charge in [-0.1, -0.05) is 90.6 Å². The van der Waals surface area contributed by atoms with Crippen molar-refractivity contribution < 1.29 is 0 Å². The molecule has 1 aromatic heterocycles. The number of aromatic amines is 1. The lowest BCUT2D eigenvalue weighted by Crippen LogP contribution is -2.19. The molecule has 0 unspecified atom stereocenters. The molecule has 0 aliphatic heterocycles. The number of hydrogen-bond donors (Lipinski definition) is 1. The highest BCUT2D eigenvalue weighted by molar-refractivity contribution is 7.99. The Morgan fingerprint density at radius 3 is 2.06 bits per heavy atom. The molecule has 0 atom stereocenters. The van der Waals surface area contributed by atoms with Crippen LogP contribution in [0.25, 0.3) is 16.9 Å². The van der Waals surface area contributed by atoms with Gasteiger partial charge in [0.2, 0.25) is 0 Å². The molecule has 166 valence electrons. The van der Waals surface area contributed by atoms with Crippen molar-refractivity contribution in [2.45, 2.75) is 16.7 Å². The number of rotatable bonds is 6. The summed E-state index contributed by atoms with van der Waals surface area (Å²) < 4.78 is 1.58. The third-order valence-corrected chi connectivity index (χ3v) is 6.53. The number of aliphatic imine (C=N–C) groups is 1. The summed E-state index contributed by atoms with van der Waals surface area (Å²) in [5.74, 6) is 0. The third kappa shape index (κ3) is 4.51. The molecule has 0 fully saturated rings. The Hall–Kier alpha value is -4.09. The highest BCUT2D eigenvalue weighted by atomic mass is 32.2. The van der Waals surface area contributed by atoms with Crippen molar-refractivity contribution in [2.24, 2.45) is 4.99 Å². The summed E-state index contributed by atoms with van der Waals surface area (Å²) in [5.41, 5.74) is 4.41. The van der Waals surface area contributed by atoms with E-state index in [-0.39, 0.29) is 5.56 Å². The Morgan fingerprint density at radius 1 is 0.765 bits per heavy atom. The van der Waals surface area contributed by atoms with Crippen molar-refractivity contribution in [1.82, 2.24) is 9.78 Å². The monoisotopic (exact) mass is 461 g/mol. The van der Waals surface area contributed by atoms with E-state index in [0.29, 0.717) is 11.3 Å². The first-order valence-electron chi connectivity index (χ1n) is 11.0. The lowest BCUT2D eigenvalue weighted by atomic mass is 10.1. The molecule has 5 aromatic rings. The predicted octanol–water partition coefficient (Wildman–Crippen LogP) is 7.12. The molecule has 4 aromatic carbocycles. The molecule has 0 radical (unpaired) electrons. The van der Waals surface area contributed by atoms with Crippen molar-refractivity contribution in [2.75, 3.05) is 0 Å². The van der Waals surface area contributed by atoms with E-state index < -0.39 is 0 Å². The van der Waals surface area contributed by atoms with Crippen LogP contribution in [0.4, 0.5) is 5.69 Å². The third-order valence-electron chi connectivity index (χ3n) is 5.45. The average Bonchev–Trinajstić information content (AvgIpc) is 3.24. The molecule has 1 N–H and O–H groups in total. The number of aromatic nitrogens is 2. The summed E-state index contributed by atoms with van der Waals surface area (Å²) in [5, 5.41) is 3.32. The minimum Gasteiger partial charge on any atom is -0.290 e. The van der Waals surface area contributed by atoms with Crippen molar-refractivity contribution in [3.05, 3.63) is 131 Å². The van der Waals surface area contributed by atoms with Crippen LogP contribution < -0.4 is 5.56 Å². The Bertz CT molecular complexity index is 1490. The lowest BCUT2D eigenvalue weighted by Gasteiger charge is -2.07. The van der Waals surface area contributed by atoms with E-state index in [1.165, 1.54) is 0 Å². The second-order valence-electron chi connectivity index (χ2n) is 7.78. The maximum absolute atomic E-state index is 13.6. The quantitative estimate of drug-likeness (QED) is 0.274. The van der Waals surface area contributed by atoms with Gasteiger partial charge in [-0.25, -0.2) is 4.68 Å². The van der Waals surface area contributed by atoms with Crippen molar-refractivity contribution in [3.8, 4) is 16.9 Å². The van der Waals surface area contributed by atoms with Crippen LogP contribution in [0.5, 0.6) is 0 Å². The van der Waals surface area contributed by atoms with E-state index in [1.807, 2.05) is 104 Å². The van der Waals surface area contributed by atoms with Gasteiger partial charge in [0.15, 0.2) is 0 Å². The minimum atomic E-state index is -0.125. The second-order valence-corrected chi connectivity index (χ2v) is 8.90. The predicted molar refractivity (Wildman–Crippen MR) is 141 cm³/mol. The first kappa shape index (κ1) is 21.7. The summed E-state index contributed by atoms with van der Waals surface area (Å²) in [6, 6.07) is 37.7. The van der Waals surface area contributed by atoms with Gasteiger partial charge in [0.1, 0.15) is 0 Å². The van der Waals surface area contributed by atoms with E-state index in [1.54, 1.807) is 16.4 Å². The summed E-state index contributed by atoms with van der Waals surface area (Å²) in [4.78, 5) is 20.7. The van der Waals surface area contributed by atoms with Gasteiger partial charge >= 0.3 is 0 Å². The van der Waals surface area contributed by atoms with E-state index in [9.17, 15) is 4.79 Å². The maximum Gasteiger partial charge on any atom is 0.280 e. The van der Waals surface area contributed by atoms with E-state index in [2.05, 4.69) is 23.3 Å². The molecule has 5 rings (SSSR count). The minimum absolute atomic E-state index is 0.125. The molecule has 0 amide bonds. The standard InChI is InChI=1S/C29H23N3OS/c1-21(30-25-19-11-12-20-26(25)34-24-17-9-4-10-18-24)27-28(22-13-5-2-6-14-22)31-32(29(27)33)23-15-7-3-8-16-23/h2-20,31H,1H3. The SMILES string of the molecule is CC(=Nc1ccccc1Sc1ccccc1)c1c(-c2ccccc2)[nH]n(-c2ccccc2)c1=O. The first-order valence-corrected chi connectivity index (χ1v) is 11.9. The first-order chi connectivity index (χ1) is 16.7. The molecule has 0 spiro atoms. The van der Waals surface area contributed by atoms with Crippen LogP contribution in [0, 0.1) is 0 Å². The van der Waals surface area contributed by atoms with Gasteiger partial charge in [-0.2, -0.15) is 0 Å². The largest absolute Gasteiger partial charge is 0.290 e. The van der Waals surface area contributed by atoms with Crippen LogP contribution in [0.1, 0.15) is 12.5 Å². The lowest BCUT2D eigenvalue weighted by molar-refractivity contribution is 0.852. The fourth-order valence-corrected chi connectivity index (χ4v) is 4.75. The van der Waals surface area contributed by atoms with Gasteiger partial charge in [0, 0.05) is 15.4 Å². The smallest absolute Gasteiger partial charge is 0.280 e. The molecule has 1 heterocycles. The topological polar surface area (TPSA) is 50.1 Å². The summed E-state index contributed by atoms with van der Waals surface area (Å²) in [6.45, 7) is 1.90. The van der Waals surface area contributed by atoms with Crippen LogP contribution in [-0.2, 0) is 0 Å². The van der Waals surface area contributed by atoms with Gasteiger partial charge in [0.05, 0.1) is 28.3 Å².